The van der Waals surface area contributed by atoms with E-state index in [2.05, 4.69) is 36.5 Å². The van der Waals surface area contributed by atoms with Crippen molar-refractivity contribution in [2.24, 2.45) is 5.10 Å². The van der Waals surface area contributed by atoms with E-state index < -0.39 is 0 Å². The monoisotopic (exact) mass is 307 g/mol. The van der Waals surface area contributed by atoms with Gasteiger partial charge in [-0.15, -0.1) is 0 Å². The fourth-order valence-electron chi connectivity index (χ4n) is 1.22. The maximum absolute atomic E-state index is 11.4. The Morgan fingerprint density at radius 1 is 1.44 bits per heavy atom. The molecule has 0 saturated carbocycles. The first-order valence-electron chi connectivity index (χ1n) is 5.14. The van der Waals surface area contributed by atoms with Gasteiger partial charge in [0.15, 0.2) is 0 Å². The molecule has 0 aliphatic rings. The largest absolute Gasteiger partial charge is 0.271 e. The first-order chi connectivity index (χ1) is 8.74. The van der Waals surface area contributed by atoms with E-state index in [1.165, 1.54) is 17.3 Å². The summed E-state index contributed by atoms with van der Waals surface area (Å²) < 4.78 is 2.42. The molecule has 1 aromatic carbocycles. The smallest absolute Gasteiger partial charge is 0.261 e. The molecule has 0 spiro atoms. The molecule has 6 nitrogen and oxygen atoms in total. The summed E-state index contributed by atoms with van der Waals surface area (Å²) in [6, 6.07) is 7.57. The summed E-state index contributed by atoms with van der Waals surface area (Å²) >= 11 is 3.34. The molecule has 2 aromatic rings. The quantitative estimate of drug-likeness (QED) is 0.681. The maximum Gasteiger partial charge on any atom is 0.261 e. The Morgan fingerprint density at radius 2 is 2.22 bits per heavy atom. The van der Waals surface area contributed by atoms with E-state index in [0.29, 0.717) is 0 Å². The number of carbonyl (C=O) groups is 1. The average Bonchev–Trinajstić information content (AvgIpc) is 2.84. The fourth-order valence-corrected chi connectivity index (χ4v) is 1.49. The van der Waals surface area contributed by atoms with Crippen molar-refractivity contribution in [3.63, 3.8) is 0 Å². The summed E-state index contributed by atoms with van der Waals surface area (Å²) in [5.74, 6) is -0.256. The number of nitrogens with one attached hydrogen (secondary N) is 1. The van der Waals surface area contributed by atoms with Gasteiger partial charge in [0.1, 0.15) is 19.2 Å². The summed E-state index contributed by atoms with van der Waals surface area (Å²) in [6.45, 7) is 0.0949. The van der Waals surface area contributed by atoms with Crippen LogP contribution in [-0.4, -0.2) is 26.9 Å². The van der Waals surface area contributed by atoms with Crippen LogP contribution in [0.5, 0.6) is 0 Å². The average molecular weight is 308 g/mol. The highest BCUT2D eigenvalue weighted by Gasteiger charge is 2.00. The Hall–Kier alpha value is -2.02. The number of nitrogens with zero attached hydrogens (tertiary/aromatic N) is 4. The second-order valence-corrected chi connectivity index (χ2v) is 4.35. The van der Waals surface area contributed by atoms with Crippen LogP contribution in [0.3, 0.4) is 0 Å². The Kier molecular flexibility index (Phi) is 4.19. The van der Waals surface area contributed by atoms with Gasteiger partial charge >= 0.3 is 0 Å². The molecule has 0 saturated heterocycles. The first-order valence-corrected chi connectivity index (χ1v) is 5.93. The second kappa shape index (κ2) is 6.06. The Bertz CT molecular complexity index is 535. The molecule has 1 N–H and O–H groups in total. The fraction of sp³-hybridized carbons (Fsp3) is 0.0909. The third-order valence-corrected chi connectivity index (χ3v) is 2.57. The summed E-state index contributed by atoms with van der Waals surface area (Å²) in [4.78, 5) is 15.2. The van der Waals surface area contributed by atoms with Crippen molar-refractivity contribution in [1.29, 1.82) is 0 Å². The van der Waals surface area contributed by atoms with Gasteiger partial charge in [0.05, 0.1) is 6.21 Å². The number of carbonyl (C=O) groups excluding carboxylic acids is 1. The van der Waals surface area contributed by atoms with E-state index >= 15 is 0 Å². The second-order valence-electron chi connectivity index (χ2n) is 3.44. The number of aromatic nitrogens is 3. The third-order valence-electron chi connectivity index (χ3n) is 2.05. The van der Waals surface area contributed by atoms with Gasteiger partial charge in [-0.2, -0.15) is 10.2 Å². The molecule has 0 radical (unpaired) electrons. The van der Waals surface area contributed by atoms with Gasteiger partial charge in [-0.3, -0.25) is 4.79 Å². The van der Waals surface area contributed by atoms with Crippen molar-refractivity contribution in [3.05, 3.63) is 47.0 Å². The van der Waals surface area contributed by atoms with Crippen LogP contribution >= 0.6 is 15.9 Å². The molecular weight excluding hydrogens is 298 g/mol. The lowest BCUT2D eigenvalue weighted by Gasteiger charge is -1.99. The molecule has 7 heteroatoms. The molecule has 0 aliphatic heterocycles. The minimum Gasteiger partial charge on any atom is -0.271 e. The van der Waals surface area contributed by atoms with E-state index in [1.807, 2.05) is 24.3 Å². The zero-order chi connectivity index (χ0) is 12.8. The maximum atomic E-state index is 11.4. The topological polar surface area (TPSA) is 72.2 Å². The summed E-state index contributed by atoms with van der Waals surface area (Å²) in [6.07, 6.45) is 4.42. The number of hydrogen-bond acceptors (Lipinski definition) is 4. The number of rotatable bonds is 4. The van der Waals surface area contributed by atoms with Crippen LogP contribution in [0.1, 0.15) is 5.56 Å². The van der Waals surface area contributed by atoms with Gasteiger partial charge in [0.2, 0.25) is 0 Å². The summed E-state index contributed by atoms with van der Waals surface area (Å²) in [7, 11) is 0. The molecular formula is C11H10BrN5O. The number of amides is 1. The van der Waals surface area contributed by atoms with Crippen LogP contribution in [0.25, 0.3) is 0 Å². The molecule has 1 amide bonds. The zero-order valence-electron chi connectivity index (χ0n) is 9.32. The Balaban J connectivity index is 1.84. The highest BCUT2D eigenvalue weighted by atomic mass is 79.9. The molecule has 92 valence electrons. The molecule has 0 aliphatic carbocycles. The molecule has 1 heterocycles. The van der Waals surface area contributed by atoms with Crippen LogP contribution in [0.4, 0.5) is 0 Å². The van der Waals surface area contributed by atoms with Crippen LogP contribution in [0, 0.1) is 0 Å². The molecule has 0 unspecified atom stereocenters. The number of hydrazone groups is 1. The van der Waals surface area contributed by atoms with Crippen molar-refractivity contribution >= 4 is 28.1 Å². The van der Waals surface area contributed by atoms with Gasteiger partial charge in [-0.25, -0.2) is 15.1 Å². The van der Waals surface area contributed by atoms with Gasteiger partial charge in [0, 0.05) is 4.47 Å². The van der Waals surface area contributed by atoms with E-state index in [4.69, 9.17) is 0 Å². The highest BCUT2D eigenvalue weighted by Crippen LogP contribution is 2.08. The lowest BCUT2D eigenvalue weighted by molar-refractivity contribution is -0.121. The minimum atomic E-state index is -0.256. The summed E-state index contributed by atoms with van der Waals surface area (Å²) in [5, 5.41) is 7.67. The van der Waals surface area contributed by atoms with E-state index in [1.54, 1.807) is 6.21 Å². The predicted molar refractivity (Wildman–Crippen MR) is 69.9 cm³/mol. The lowest BCUT2D eigenvalue weighted by atomic mass is 10.2. The normalized spacial score (nSPS) is 10.7. The van der Waals surface area contributed by atoms with Crippen LogP contribution < -0.4 is 5.43 Å². The van der Waals surface area contributed by atoms with Crippen LogP contribution in [0.2, 0.25) is 0 Å². The van der Waals surface area contributed by atoms with Crippen molar-refractivity contribution < 1.29 is 4.79 Å². The number of halogens is 1. The first kappa shape index (κ1) is 12.4. The molecule has 18 heavy (non-hydrogen) atoms. The predicted octanol–water partition coefficient (Wildman–Crippen LogP) is 1.19. The lowest BCUT2D eigenvalue weighted by Crippen LogP contribution is -2.23. The van der Waals surface area contributed by atoms with E-state index in [0.717, 1.165) is 10.0 Å². The van der Waals surface area contributed by atoms with Crippen molar-refractivity contribution in [2.45, 2.75) is 6.54 Å². The van der Waals surface area contributed by atoms with Gasteiger partial charge in [0.25, 0.3) is 5.91 Å². The number of hydrogen-bond donors (Lipinski definition) is 1. The van der Waals surface area contributed by atoms with Crippen LogP contribution in [0.15, 0.2) is 46.5 Å². The van der Waals surface area contributed by atoms with Gasteiger partial charge in [-0.1, -0.05) is 28.1 Å². The Morgan fingerprint density at radius 3 is 2.89 bits per heavy atom. The standard InChI is InChI=1S/C11H10BrN5O/c12-10-3-1-9(2-4-10)5-14-16-11(18)6-17-8-13-7-15-17/h1-5,7-8H,6H2,(H,16,18). The molecule has 1 aromatic heterocycles. The molecule has 0 bridgehead atoms. The van der Waals surface area contributed by atoms with E-state index in [9.17, 15) is 4.79 Å². The zero-order valence-corrected chi connectivity index (χ0v) is 10.9. The van der Waals surface area contributed by atoms with Gasteiger partial charge < -0.3 is 0 Å². The van der Waals surface area contributed by atoms with Gasteiger partial charge in [-0.05, 0) is 17.7 Å². The van der Waals surface area contributed by atoms with Crippen LogP contribution in [-0.2, 0) is 11.3 Å². The van der Waals surface area contributed by atoms with Crippen molar-refractivity contribution in [2.75, 3.05) is 0 Å². The molecule has 0 fully saturated rings. The molecule has 2 rings (SSSR count). The molecule has 0 atom stereocenters. The van der Waals surface area contributed by atoms with Crippen molar-refractivity contribution in [1.82, 2.24) is 20.2 Å². The van der Waals surface area contributed by atoms with Crippen molar-refractivity contribution in [3.8, 4) is 0 Å². The minimum absolute atomic E-state index is 0.0949. The SMILES string of the molecule is O=C(Cn1cncn1)NN=Cc1ccc(Br)cc1. The van der Waals surface area contributed by atoms with E-state index in [-0.39, 0.29) is 12.5 Å². The number of benzene rings is 1. The third kappa shape index (κ3) is 3.77. The Labute approximate surface area is 112 Å². The highest BCUT2D eigenvalue weighted by molar-refractivity contribution is 9.10. The summed E-state index contributed by atoms with van der Waals surface area (Å²) in [5.41, 5.74) is 3.32.